The normalized spacial score (nSPS) is 13.8. The van der Waals surface area contributed by atoms with E-state index in [0.29, 0.717) is 11.5 Å². The Hall–Kier alpha value is -1.23. The lowest BCUT2D eigenvalue weighted by atomic mass is 10.4. The molecule has 2 N–H and O–H groups in total. The SMILES string of the molecule is O=c1cc[nH]c2c1NSC=N2. The van der Waals surface area contributed by atoms with E-state index in [1.807, 2.05) is 0 Å². The molecule has 2 heterocycles. The van der Waals surface area contributed by atoms with E-state index in [4.69, 9.17) is 0 Å². The van der Waals surface area contributed by atoms with Gasteiger partial charge < -0.3 is 9.71 Å². The number of rotatable bonds is 0. The predicted octanol–water partition coefficient (Wildman–Crippen LogP) is 1.11. The van der Waals surface area contributed by atoms with Gasteiger partial charge in [-0.05, 0) is 11.9 Å². The maximum Gasteiger partial charge on any atom is 0.207 e. The Kier molecular flexibility index (Phi) is 1.43. The molecule has 0 bridgehead atoms. The second-order valence-electron chi connectivity index (χ2n) is 2.02. The second-order valence-corrected chi connectivity index (χ2v) is 2.67. The number of nitrogens with one attached hydrogen (secondary N) is 2. The number of H-pyrrole nitrogens is 1. The molecule has 56 valence electrons. The van der Waals surface area contributed by atoms with Crippen LogP contribution < -0.4 is 10.2 Å². The fourth-order valence-electron chi connectivity index (χ4n) is 0.833. The molecule has 4 nitrogen and oxygen atoms in total. The van der Waals surface area contributed by atoms with Gasteiger partial charge in [0.2, 0.25) is 5.43 Å². The van der Waals surface area contributed by atoms with E-state index >= 15 is 0 Å². The van der Waals surface area contributed by atoms with Gasteiger partial charge >= 0.3 is 0 Å². The minimum Gasteiger partial charge on any atom is -0.345 e. The van der Waals surface area contributed by atoms with E-state index in [-0.39, 0.29) is 5.43 Å². The van der Waals surface area contributed by atoms with Crippen LogP contribution in [0.25, 0.3) is 0 Å². The number of pyridine rings is 1. The van der Waals surface area contributed by atoms with Crippen LogP contribution in [0.15, 0.2) is 22.1 Å². The van der Waals surface area contributed by atoms with Crippen molar-refractivity contribution in [3.05, 3.63) is 22.5 Å². The molecule has 1 aliphatic heterocycles. The van der Waals surface area contributed by atoms with Crippen LogP contribution in [0, 0.1) is 0 Å². The lowest BCUT2D eigenvalue weighted by Crippen LogP contribution is -2.08. The van der Waals surface area contributed by atoms with Gasteiger partial charge in [-0.3, -0.25) is 4.79 Å². The summed E-state index contributed by atoms with van der Waals surface area (Å²) in [6, 6.07) is 1.47. The van der Waals surface area contributed by atoms with Gasteiger partial charge in [0, 0.05) is 12.3 Å². The zero-order chi connectivity index (χ0) is 7.68. The molecule has 0 saturated heterocycles. The van der Waals surface area contributed by atoms with Crippen molar-refractivity contribution < 1.29 is 0 Å². The van der Waals surface area contributed by atoms with Gasteiger partial charge in [-0.1, -0.05) is 0 Å². The van der Waals surface area contributed by atoms with Crippen molar-refractivity contribution in [2.45, 2.75) is 0 Å². The molecule has 0 atom stereocenters. The van der Waals surface area contributed by atoms with Crippen LogP contribution in [0.5, 0.6) is 0 Å². The molecule has 1 aromatic heterocycles. The van der Waals surface area contributed by atoms with Crippen molar-refractivity contribution in [2.75, 3.05) is 4.72 Å². The van der Waals surface area contributed by atoms with E-state index in [9.17, 15) is 4.79 Å². The lowest BCUT2D eigenvalue weighted by molar-refractivity contribution is 1.26. The summed E-state index contributed by atoms with van der Waals surface area (Å²) in [5, 5.41) is 0. The van der Waals surface area contributed by atoms with Gasteiger partial charge in [-0.15, -0.1) is 0 Å². The Balaban J connectivity index is 2.69. The zero-order valence-corrected chi connectivity index (χ0v) is 6.31. The van der Waals surface area contributed by atoms with Gasteiger partial charge in [-0.25, -0.2) is 4.99 Å². The summed E-state index contributed by atoms with van der Waals surface area (Å²) in [6.45, 7) is 0. The van der Waals surface area contributed by atoms with Crippen molar-refractivity contribution >= 4 is 29.0 Å². The van der Waals surface area contributed by atoms with Crippen LogP contribution in [0.3, 0.4) is 0 Å². The third kappa shape index (κ3) is 1.03. The third-order valence-corrected chi connectivity index (χ3v) is 1.87. The number of aromatic amines is 1. The highest BCUT2D eigenvalue weighted by Gasteiger charge is 2.07. The van der Waals surface area contributed by atoms with Crippen LogP contribution in [0.4, 0.5) is 11.5 Å². The van der Waals surface area contributed by atoms with Gasteiger partial charge in [0.1, 0.15) is 5.69 Å². The first-order valence-corrected chi connectivity index (χ1v) is 3.92. The van der Waals surface area contributed by atoms with Gasteiger partial charge in [0.25, 0.3) is 0 Å². The van der Waals surface area contributed by atoms with E-state index in [1.165, 1.54) is 18.0 Å². The van der Waals surface area contributed by atoms with Gasteiger partial charge in [0.15, 0.2) is 5.82 Å². The van der Waals surface area contributed by atoms with Crippen molar-refractivity contribution in [3.8, 4) is 0 Å². The summed E-state index contributed by atoms with van der Waals surface area (Å²) in [5.74, 6) is 0.594. The van der Waals surface area contributed by atoms with Crippen molar-refractivity contribution in [1.29, 1.82) is 0 Å². The van der Waals surface area contributed by atoms with Crippen LogP contribution in [-0.4, -0.2) is 10.5 Å². The first-order valence-electron chi connectivity index (χ1n) is 3.04. The average Bonchev–Trinajstić information content (AvgIpc) is 2.06. The monoisotopic (exact) mass is 167 g/mol. The standard InChI is InChI=1S/C6H5N3OS/c10-4-1-2-7-6-5(4)9-11-3-8-6/h1-3,9H,(H,7,10). The van der Waals surface area contributed by atoms with Gasteiger partial charge in [0.05, 0.1) is 5.55 Å². The molecule has 0 saturated carbocycles. The molecule has 0 radical (unpaired) electrons. The summed E-state index contributed by atoms with van der Waals surface area (Å²) in [4.78, 5) is 17.9. The van der Waals surface area contributed by atoms with E-state index in [0.717, 1.165) is 0 Å². The van der Waals surface area contributed by atoms with Crippen LogP contribution in [0.2, 0.25) is 0 Å². The minimum absolute atomic E-state index is 0.0388. The number of hydrogen-bond acceptors (Lipinski definition) is 4. The molecule has 0 fully saturated rings. The molecule has 11 heavy (non-hydrogen) atoms. The molecule has 1 aromatic rings. The molecule has 0 aliphatic carbocycles. The molecular weight excluding hydrogens is 162 g/mol. The van der Waals surface area contributed by atoms with Crippen molar-refractivity contribution in [1.82, 2.24) is 4.98 Å². The Labute approximate surface area is 66.9 Å². The summed E-state index contributed by atoms with van der Waals surface area (Å²) in [5.41, 5.74) is 2.13. The maximum absolute atomic E-state index is 11.1. The molecule has 1 aliphatic rings. The van der Waals surface area contributed by atoms with Crippen LogP contribution in [-0.2, 0) is 0 Å². The highest BCUT2D eigenvalue weighted by Crippen LogP contribution is 2.23. The number of hydrogen-bond donors (Lipinski definition) is 2. The highest BCUT2D eigenvalue weighted by molar-refractivity contribution is 8.13. The van der Waals surface area contributed by atoms with E-state index < -0.39 is 0 Å². The molecule has 0 spiro atoms. The van der Waals surface area contributed by atoms with Crippen LogP contribution in [0.1, 0.15) is 0 Å². The number of anilines is 1. The topological polar surface area (TPSA) is 57.2 Å². The van der Waals surface area contributed by atoms with Crippen molar-refractivity contribution in [3.63, 3.8) is 0 Å². The Morgan fingerprint density at radius 1 is 1.55 bits per heavy atom. The minimum atomic E-state index is -0.0388. The molecule has 2 rings (SSSR count). The number of aliphatic imine (C=N–C) groups is 1. The summed E-state index contributed by atoms with van der Waals surface area (Å²) < 4.78 is 2.85. The maximum atomic E-state index is 11.1. The first kappa shape index (κ1) is 6.48. The molecule has 0 amide bonds. The first-order chi connectivity index (χ1) is 5.38. The average molecular weight is 167 g/mol. The van der Waals surface area contributed by atoms with Gasteiger partial charge in [-0.2, -0.15) is 0 Å². The fraction of sp³-hybridized carbons (Fsp3) is 0. The Morgan fingerprint density at radius 3 is 3.27 bits per heavy atom. The smallest absolute Gasteiger partial charge is 0.207 e. The largest absolute Gasteiger partial charge is 0.345 e. The number of fused-ring (bicyclic) bond motifs is 1. The predicted molar refractivity (Wildman–Crippen MR) is 46.4 cm³/mol. The summed E-state index contributed by atoms with van der Waals surface area (Å²) >= 11 is 1.29. The van der Waals surface area contributed by atoms with Crippen molar-refractivity contribution in [2.24, 2.45) is 4.99 Å². The lowest BCUT2D eigenvalue weighted by Gasteiger charge is -2.07. The number of aromatic nitrogens is 1. The Bertz CT molecular complexity index is 357. The highest BCUT2D eigenvalue weighted by atomic mass is 32.2. The third-order valence-electron chi connectivity index (χ3n) is 1.33. The Morgan fingerprint density at radius 2 is 2.45 bits per heavy atom. The van der Waals surface area contributed by atoms with E-state index in [2.05, 4.69) is 14.7 Å². The fourth-order valence-corrected chi connectivity index (χ4v) is 1.36. The quantitative estimate of drug-likeness (QED) is 0.569. The second kappa shape index (κ2) is 2.43. The zero-order valence-electron chi connectivity index (χ0n) is 5.50. The molecular formula is C6H5N3OS. The molecule has 5 heteroatoms. The van der Waals surface area contributed by atoms with Crippen LogP contribution >= 0.6 is 11.9 Å². The number of nitrogens with zero attached hydrogens (tertiary/aromatic N) is 1. The molecule has 0 unspecified atom stereocenters. The summed E-state index contributed by atoms with van der Waals surface area (Å²) in [6.07, 6.45) is 1.58. The van der Waals surface area contributed by atoms with E-state index in [1.54, 1.807) is 11.7 Å². The summed E-state index contributed by atoms with van der Waals surface area (Å²) in [7, 11) is 0. The molecule has 0 aromatic carbocycles.